The Bertz CT molecular complexity index is 357. The second kappa shape index (κ2) is 5.29. The van der Waals surface area contributed by atoms with E-state index in [4.69, 9.17) is 27.9 Å². The smallest absolute Gasteiger partial charge is 0.139 e. The highest BCUT2D eigenvalue weighted by Crippen LogP contribution is 2.32. The van der Waals surface area contributed by atoms with Gasteiger partial charge in [0.15, 0.2) is 0 Å². The molecule has 0 unspecified atom stereocenters. The molecule has 0 spiro atoms. The summed E-state index contributed by atoms with van der Waals surface area (Å²) < 4.78 is 5.90. The summed E-state index contributed by atoms with van der Waals surface area (Å²) in [4.78, 5) is 0. The van der Waals surface area contributed by atoms with Crippen LogP contribution in [0.5, 0.6) is 5.75 Å². The lowest BCUT2D eigenvalue weighted by Crippen LogP contribution is -2.23. The molecule has 0 radical (unpaired) electrons. The van der Waals surface area contributed by atoms with E-state index in [1.807, 2.05) is 0 Å². The number of benzene rings is 1. The molecule has 0 amide bonds. The van der Waals surface area contributed by atoms with E-state index in [9.17, 15) is 0 Å². The van der Waals surface area contributed by atoms with Gasteiger partial charge < -0.3 is 4.74 Å². The molecule has 1 aromatic rings. The highest BCUT2D eigenvalue weighted by atomic mass is 35.5. The zero-order valence-corrected chi connectivity index (χ0v) is 10.9. The summed E-state index contributed by atoms with van der Waals surface area (Å²) in [5.74, 6) is 1.54. The number of hydrogen-bond donors (Lipinski definition) is 0. The Morgan fingerprint density at radius 2 is 1.81 bits per heavy atom. The maximum absolute atomic E-state index is 6.06. The van der Waals surface area contributed by atoms with E-state index in [-0.39, 0.29) is 0 Å². The van der Waals surface area contributed by atoms with Gasteiger partial charge in [-0.25, -0.2) is 0 Å². The third kappa shape index (κ3) is 3.05. The molecule has 0 saturated heterocycles. The van der Waals surface area contributed by atoms with Crippen LogP contribution in [0.15, 0.2) is 18.2 Å². The van der Waals surface area contributed by atoms with E-state index in [1.165, 1.54) is 12.8 Å². The third-order valence-electron chi connectivity index (χ3n) is 3.15. The summed E-state index contributed by atoms with van der Waals surface area (Å²) in [6.45, 7) is 2.29. The van der Waals surface area contributed by atoms with Crippen molar-refractivity contribution in [2.75, 3.05) is 0 Å². The van der Waals surface area contributed by atoms with Gasteiger partial charge in [-0.2, -0.15) is 0 Å². The van der Waals surface area contributed by atoms with Crippen LogP contribution in [0.4, 0.5) is 0 Å². The van der Waals surface area contributed by atoms with Crippen LogP contribution in [-0.4, -0.2) is 6.10 Å². The number of hydrogen-bond acceptors (Lipinski definition) is 1. The van der Waals surface area contributed by atoms with Gasteiger partial charge in [0.2, 0.25) is 0 Å². The molecule has 0 atom stereocenters. The standard InChI is InChI=1S/C13H16Cl2O/c1-9-2-5-11(6-3-9)16-13-8-10(14)4-7-12(13)15/h4,7-9,11H,2-3,5-6H2,1H3. The minimum atomic E-state index is 0.298. The first kappa shape index (κ1) is 12.1. The first-order chi connectivity index (χ1) is 7.65. The predicted octanol–water partition coefficient (Wildman–Crippen LogP) is 4.95. The molecule has 1 aliphatic rings. The Balaban J connectivity index is 2.00. The van der Waals surface area contributed by atoms with Gasteiger partial charge in [0.05, 0.1) is 11.1 Å². The largest absolute Gasteiger partial charge is 0.489 e. The Labute approximate surface area is 107 Å². The van der Waals surface area contributed by atoms with E-state index < -0.39 is 0 Å². The number of ether oxygens (including phenoxy) is 1. The fourth-order valence-corrected chi connectivity index (χ4v) is 2.42. The highest BCUT2D eigenvalue weighted by Gasteiger charge is 2.20. The van der Waals surface area contributed by atoms with Crippen molar-refractivity contribution in [1.82, 2.24) is 0 Å². The normalized spacial score (nSPS) is 25.4. The molecular weight excluding hydrogens is 243 g/mol. The molecular formula is C13H16Cl2O. The van der Waals surface area contributed by atoms with Crippen molar-refractivity contribution in [3.05, 3.63) is 28.2 Å². The predicted molar refractivity (Wildman–Crippen MR) is 68.5 cm³/mol. The molecule has 0 bridgehead atoms. The molecule has 1 fully saturated rings. The SMILES string of the molecule is CC1CCC(Oc2cc(Cl)ccc2Cl)CC1. The van der Waals surface area contributed by atoms with Crippen molar-refractivity contribution in [2.24, 2.45) is 5.92 Å². The molecule has 0 aromatic heterocycles. The quantitative estimate of drug-likeness (QED) is 0.730. The Kier molecular flexibility index (Phi) is 3.99. The van der Waals surface area contributed by atoms with E-state index >= 15 is 0 Å². The second-order valence-electron chi connectivity index (χ2n) is 4.57. The summed E-state index contributed by atoms with van der Waals surface area (Å²) in [5, 5.41) is 1.31. The van der Waals surface area contributed by atoms with E-state index in [2.05, 4.69) is 6.92 Å². The van der Waals surface area contributed by atoms with Crippen LogP contribution < -0.4 is 4.74 Å². The fraction of sp³-hybridized carbons (Fsp3) is 0.538. The Morgan fingerprint density at radius 3 is 2.50 bits per heavy atom. The summed E-state index contributed by atoms with van der Waals surface area (Å²) in [6.07, 6.45) is 5.01. The van der Waals surface area contributed by atoms with Crippen LogP contribution in [0.25, 0.3) is 0 Å². The first-order valence-corrected chi connectivity index (χ1v) is 6.52. The molecule has 1 nitrogen and oxygen atoms in total. The van der Waals surface area contributed by atoms with E-state index in [1.54, 1.807) is 18.2 Å². The van der Waals surface area contributed by atoms with Crippen LogP contribution >= 0.6 is 23.2 Å². The van der Waals surface area contributed by atoms with Gasteiger partial charge in [-0.1, -0.05) is 30.1 Å². The van der Waals surface area contributed by atoms with Crippen molar-refractivity contribution in [2.45, 2.75) is 38.7 Å². The molecule has 88 valence electrons. The topological polar surface area (TPSA) is 9.23 Å². The van der Waals surface area contributed by atoms with Gasteiger partial charge in [-0.05, 0) is 43.7 Å². The first-order valence-electron chi connectivity index (χ1n) is 5.77. The van der Waals surface area contributed by atoms with E-state index in [0.717, 1.165) is 18.8 Å². The van der Waals surface area contributed by atoms with Gasteiger partial charge >= 0.3 is 0 Å². The summed E-state index contributed by atoms with van der Waals surface area (Å²) in [6, 6.07) is 5.35. The average Bonchev–Trinajstić information content (AvgIpc) is 2.27. The molecule has 1 saturated carbocycles. The fourth-order valence-electron chi connectivity index (χ4n) is 2.09. The maximum Gasteiger partial charge on any atom is 0.139 e. The van der Waals surface area contributed by atoms with Crippen LogP contribution in [0, 0.1) is 5.92 Å². The molecule has 2 rings (SSSR count). The van der Waals surface area contributed by atoms with Crippen LogP contribution in [0.2, 0.25) is 10.0 Å². The Hall–Kier alpha value is -0.400. The van der Waals surface area contributed by atoms with Gasteiger partial charge in [0, 0.05) is 11.1 Å². The molecule has 1 aromatic carbocycles. The zero-order chi connectivity index (χ0) is 11.5. The van der Waals surface area contributed by atoms with Crippen molar-refractivity contribution in [3.8, 4) is 5.75 Å². The van der Waals surface area contributed by atoms with Crippen LogP contribution in [0.3, 0.4) is 0 Å². The Morgan fingerprint density at radius 1 is 1.12 bits per heavy atom. The van der Waals surface area contributed by atoms with Crippen LogP contribution in [-0.2, 0) is 0 Å². The third-order valence-corrected chi connectivity index (χ3v) is 3.70. The van der Waals surface area contributed by atoms with E-state index in [0.29, 0.717) is 21.9 Å². The van der Waals surface area contributed by atoms with Crippen molar-refractivity contribution in [3.63, 3.8) is 0 Å². The summed E-state index contributed by atoms with van der Waals surface area (Å²) in [5.41, 5.74) is 0. The van der Waals surface area contributed by atoms with Crippen molar-refractivity contribution < 1.29 is 4.74 Å². The zero-order valence-electron chi connectivity index (χ0n) is 9.38. The molecule has 0 aliphatic heterocycles. The minimum Gasteiger partial charge on any atom is -0.489 e. The molecule has 3 heteroatoms. The number of halogens is 2. The maximum atomic E-state index is 6.06. The van der Waals surface area contributed by atoms with Crippen LogP contribution in [0.1, 0.15) is 32.6 Å². The van der Waals surface area contributed by atoms with Gasteiger partial charge in [-0.15, -0.1) is 0 Å². The average molecular weight is 259 g/mol. The van der Waals surface area contributed by atoms with Gasteiger partial charge in [0.25, 0.3) is 0 Å². The highest BCUT2D eigenvalue weighted by molar-refractivity contribution is 6.34. The van der Waals surface area contributed by atoms with Crippen molar-refractivity contribution in [1.29, 1.82) is 0 Å². The summed E-state index contributed by atoms with van der Waals surface area (Å²) in [7, 11) is 0. The monoisotopic (exact) mass is 258 g/mol. The molecule has 1 aliphatic carbocycles. The minimum absolute atomic E-state index is 0.298. The van der Waals surface area contributed by atoms with Crippen molar-refractivity contribution >= 4 is 23.2 Å². The number of rotatable bonds is 2. The summed E-state index contributed by atoms with van der Waals surface area (Å²) >= 11 is 12.0. The molecule has 16 heavy (non-hydrogen) atoms. The molecule has 0 N–H and O–H groups in total. The molecule has 0 heterocycles. The second-order valence-corrected chi connectivity index (χ2v) is 5.42. The lowest BCUT2D eigenvalue weighted by Gasteiger charge is -2.27. The van der Waals surface area contributed by atoms with Gasteiger partial charge in [0.1, 0.15) is 5.75 Å². The lowest BCUT2D eigenvalue weighted by atomic mass is 9.89. The lowest BCUT2D eigenvalue weighted by molar-refractivity contribution is 0.135. The van der Waals surface area contributed by atoms with Gasteiger partial charge in [-0.3, -0.25) is 0 Å².